The van der Waals surface area contributed by atoms with E-state index < -0.39 is 0 Å². The van der Waals surface area contributed by atoms with Crippen LogP contribution in [0.1, 0.15) is 36.8 Å². The van der Waals surface area contributed by atoms with Gasteiger partial charge in [-0.3, -0.25) is 14.7 Å². The van der Waals surface area contributed by atoms with Crippen molar-refractivity contribution in [3.8, 4) is 11.1 Å². The first kappa shape index (κ1) is 22.5. The minimum atomic E-state index is -0.0345. The summed E-state index contributed by atoms with van der Waals surface area (Å²) in [6.07, 6.45) is 9.67. The average molecular weight is 456 g/mol. The normalized spacial score (nSPS) is 18.7. The average Bonchev–Trinajstić information content (AvgIpc) is 3.42. The zero-order valence-electron chi connectivity index (χ0n) is 19.7. The predicted molar refractivity (Wildman–Crippen MR) is 135 cm³/mol. The Morgan fingerprint density at radius 2 is 1.79 bits per heavy atom. The molecule has 0 aliphatic carbocycles. The van der Waals surface area contributed by atoms with Crippen molar-refractivity contribution in [3.63, 3.8) is 0 Å². The third-order valence-electron chi connectivity index (χ3n) is 7.01. The van der Waals surface area contributed by atoms with Crippen molar-refractivity contribution in [1.29, 1.82) is 0 Å². The third-order valence-corrected chi connectivity index (χ3v) is 7.01. The Morgan fingerprint density at radius 1 is 0.971 bits per heavy atom. The minimum Gasteiger partial charge on any atom is -0.355 e. The second-order valence-corrected chi connectivity index (χ2v) is 9.40. The molecule has 5 rings (SSSR count). The Morgan fingerprint density at radius 3 is 2.59 bits per heavy atom. The van der Waals surface area contributed by atoms with E-state index in [1.165, 1.54) is 42.6 Å². The smallest absolute Gasteiger partial charge is 0.225 e. The molecular formula is C28H33N5O. The van der Waals surface area contributed by atoms with Crippen molar-refractivity contribution in [2.45, 2.75) is 38.8 Å². The first-order chi connectivity index (χ1) is 16.8. The van der Waals surface area contributed by atoms with Crippen LogP contribution in [0.15, 0.2) is 67.1 Å². The zero-order valence-corrected chi connectivity index (χ0v) is 19.7. The maximum Gasteiger partial charge on any atom is 0.225 e. The number of carbonyl (C=O) groups is 1. The highest BCUT2D eigenvalue weighted by Gasteiger charge is 2.26. The standard InChI is InChI=1S/C28H33N5O/c34-28(25-7-5-17-33(21-25)27-19-29-13-14-30-27)31-18-24-6-1-2-8-26(24)23-11-9-22(10-12-23)20-32-15-3-4-16-32/h1-2,6,8-14,19,25H,3-5,7,15-18,20-21H2,(H,31,34). The molecule has 1 N–H and O–H groups in total. The van der Waals surface area contributed by atoms with E-state index in [4.69, 9.17) is 0 Å². The van der Waals surface area contributed by atoms with E-state index >= 15 is 0 Å². The van der Waals surface area contributed by atoms with Crippen molar-refractivity contribution in [2.24, 2.45) is 5.92 Å². The van der Waals surface area contributed by atoms with Crippen LogP contribution in [0.2, 0.25) is 0 Å². The van der Waals surface area contributed by atoms with Gasteiger partial charge in [-0.2, -0.15) is 0 Å². The summed E-state index contributed by atoms with van der Waals surface area (Å²) >= 11 is 0. The summed E-state index contributed by atoms with van der Waals surface area (Å²) in [6.45, 7) is 5.59. The molecule has 1 unspecified atom stereocenters. The van der Waals surface area contributed by atoms with E-state index in [2.05, 4.69) is 67.5 Å². The summed E-state index contributed by atoms with van der Waals surface area (Å²) in [5.41, 5.74) is 4.88. The van der Waals surface area contributed by atoms with Gasteiger partial charge in [-0.25, -0.2) is 4.98 Å². The van der Waals surface area contributed by atoms with Crippen LogP contribution in [0.4, 0.5) is 5.82 Å². The Kier molecular flexibility index (Phi) is 7.15. The van der Waals surface area contributed by atoms with Crippen molar-refractivity contribution < 1.29 is 4.79 Å². The summed E-state index contributed by atoms with van der Waals surface area (Å²) in [5.74, 6) is 0.927. The minimum absolute atomic E-state index is 0.0345. The van der Waals surface area contributed by atoms with Gasteiger partial charge in [-0.15, -0.1) is 0 Å². The number of aromatic nitrogens is 2. The molecule has 3 heterocycles. The van der Waals surface area contributed by atoms with Crippen LogP contribution in [-0.2, 0) is 17.9 Å². The van der Waals surface area contributed by atoms with Gasteiger partial charge in [0.15, 0.2) is 0 Å². The number of rotatable bonds is 7. The molecule has 6 heteroatoms. The fourth-order valence-electron chi connectivity index (χ4n) is 5.13. The van der Waals surface area contributed by atoms with E-state index in [9.17, 15) is 4.79 Å². The molecule has 1 atom stereocenters. The van der Waals surface area contributed by atoms with Crippen LogP contribution in [0.3, 0.4) is 0 Å². The number of hydrogen-bond acceptors (Lipinski definition) is 5. The van der Waals surface area contributed by atoms with Gasteiger partial charge in [0, 0.05) is 38.6 Å². The number of amides is 1. The third kappa shape index (κ3) is 5.45. The van der Waals surface area contributed by atoms with Crippen LogP contribution in [0.25, 0.3) is 11.1 Å². The largest absolute Gasteiger partial charge is 0.355 e. The Hall–Kier alpha value is -3.25. The van der Waals surface area contributed by atoms with Crippen LogP contribution in [0.5, 0.6) is 0 Å². The molecule has 2 aliphatic heterocycles. The zero-order chi connectivity index (χ0) is 23.2. The SMILES string of the molecule is O=C(NCc1ccccc1-c1ccc(CN2CCCC2)cc1)C1CCCN(c2cnccn2)C1. The number of piperidine rings is 1. The van der Waals surface area contributed by atoms with E-state index in [1.54, 1.807) is 18.6 Å². The summed E-state index contributed by atoms with van der Waals surface area (Å²) in [5, 5.41) is 3.20. The molecule has 1 amide bonds. The molecule has 0 bridgehead atoms. The van der Waals surface area contributed by atoms with Gasteiger partial charge in [-0.05, 0) is 61.0 Å². The molecule has 2 saturated heterocycles. The molecule has 2 aliphatic rings. The van der Waals surface area contributed by atoms with Crippen molar-refractivity contribution in [2.75, 3.05) is 31.1 Å². The van der Waals surface area contributed by atoms with Gasteiger partial charge in [0.1, 0.15) is 5.82 Å². The fraction of sp³-hybridized carbons (Fsp3) is 0.393. The summed E-state index contributed by atoms with van der Waals surface area (Å²) in [6, 6.07) is 17.3. The second-order valence-electron chi connectivity index (χ2n) is 9.40. The van der Waals surface area contributed by atoms with Crippen LogP contribution >= 0.6 is 0 Å². The second kappa shape index (κ2) is 10.8. The molecule has 0 radical (unpaired) electrons. The monoisotopic (exact) mass is 455 g/mol. The highest BCUT2D eigenvalue weighted by molar-refractivity contribution is 5.80. The first-order valence-electron chi connectivity index (χ1n) is 12.4. The number of nitrogens with zero attached hydrogens (tertiary/aromatic N) is 4. The molecule has 6 nitrogen and oxygen atoms in total. The maximum absolute atomic E-state index is 13.0. The molecule has 0 spiro atoms. The molecular weight excluding hydrogens is 422 g/mol. The van der Waals surface area contributed by atoms with Crippen molar-refractivity contribution in [1.82, 2.24) is 20.2 Å². The van der Waals surface area contributed by atoms with Gasteiger partial charge in [0.25, 0.3) is 0 Å². The van der Waals surface area contributed by atoms with Gasteiger partial charge in [0.05, 0.1) is 12.1 Å². The van der Waals surface area contributed by atoms with E-state index in [-0.39, 0.29) is 11.8 Å². The van der Waals surface area contributed by atoms with E-state index in [0.717, 1.165) is 37.3 Å². The van der Waals surface area contributed by atoms with Crippen LogP contribution < -0.4 is 10.2 Å². The Labute approximate surface area is 202 Å². The van der Waals surface area contributed by atoms with Gasteiger partial charge < -0.3 is 10.2 Å². The van der Waals surface area contributed by atoms with Crippen LogP contribution in [-0.4, -0.2) is 47.0 Å². The lowest BCUT2D eigenvalue weighted by Crippen LogP contribution is -2.43. The number of carbonyl (C=O) groups excluding carboxylic acids is 1. The molecule has 2 aromatic carbocycles. The lowest BCUT2D eigenvalue weighted by atomic mass is 9.96. The van der Waals surface area contributed by atoms with Gasteiger partial charge in [-0.1, -0.05) is 48.5 Å². The lowest BCUT2D eigenvalue weighted by Gasteiger charge is -2.32. The first-order valence-corrected chi connectivity index (χ1v) is 12.4. The summed E-state index contributed by atoms with van der Waals surface area (Å²) in [7, 11) is 0. The maximum atomic E-state index is 13.0. The fourth-order valence-corrected chi connectivity index (χ4v) is 5.13. The number of likely N-dealkylation sites (tertiary alicyclic amines) is 1. The summed E-state index contributed by atoms with van der Waals surface area (Å²) < 4.78 is 0. The highest BCUT2D eigenvalue weighted by atomic mass is 16.1. The van der Waals surface area contributed by atoms with Crippen LogP contribution in [0, 0.1) is 5.92 Å². The molecule has 34 heavy (non-hydrogen) atoms. The molecule has 176 valence electrons. The number of hydrogen-bond donors (Lipinski definition) is 1. The van der Waals surface area contributed by atoms with E-state index in [0.29, 0.717) is 13.1 Å². The molecule has 1 aromatic heterocycles. The molecule has 2 fully saturated rings. The topological polar surface area (TPSA) is 61.4 Å². The number of nitrogens with one attached hydrogen (secondary N) is 1. The molecule has 0 saturated carbocycles. The van der Waals surface area contributed by atoms with Gasteiger partial charge >= 0.3 is 0 Å². The molecule has 3 aromatic rings. The number of benzene rings is 2. The van der Waals surface area contributed by atoms with Crippen molar-refractivity contribution in [3.05, 3.63) is 78.2 Å². The van der Waals surface area contributed by atoms with E-state index in [1.807, 2.05) is 6.07 Å². The lowest BCUT2D eigenvalue weighted by molar-refractivity contribution is -0.125. The van der Waals surface area contributed by atoms with Crippen molar-refractivity contribution >= 4 is 11.7 Å². The number of anilines is 1. The quantitative estimate of drug-likeness (QED) is 0.576. The van der Waals surface area contributed by atoms with Gasteiger partial charge in [0.2, 0.25) is 5.91 Å². The Balaban J connectivity index is 1.21. The predicted octanol–water partition coefficient (Wildman–Crippen LogP) is 4.27. The highest BCUT2D eigenvalue weighted by Crippen LogP contribution is 2.26. The summed E-state index contributed by atoms with van der Waals surface area (Å²) in [4.78, 5) is 26.3. The Bertz CT molecular complexity index is 1080.